The van der Waals surface area contributed by atoms with E-state index in [1.165, 1.54) is 17.3 Å². The summed E-state index contributed by atoms with van der Waals surface area (Å²) in [6, 6.07) is 8.33. The zero-order valence-electron chi connectivity index (χ0n) is 12.0. The summed E-state index contributed by atoms with van der Waals surface area (Å²) in [4.78, 5) is 4.24. The maximum absolute atomic E-state index is 4.24. The van der Waals surface area contributed by atoms with Gasteiger partial charge in [-0.15, -0.1) is 16.4 Å². The second kappa shape index (κ2) is 5.57. The number of benzene rings is 1. The van der Waals surface area contributed by atoms with Crippen molar-refractivity contribution in [3.63, 3.8) is 0 Å². The van der Waals surface area contributed by atoms with Crippen molar-refractivity contribution < 1.29 is 0 Å². The summed E-state index contributed by atoms with van der Waals surface area (Å²) >= 11 is 3.04. The lowest BCUT2D eigenvalue weighted by atomic mass is 9.87. The molecule has 21 heavy (non-hydrogen) atoms. The van der Waals surface area contributed by atoms with Gasteiger partial charge >= 0.3 is 0 Å². The van der Waals surface area contributed by atoms with Crippen LogP contribution in [0.4, 0.5) is 0 Å². The first-order valence-corrected chi connectivity index (χ1v) is 8.20. The molecular weight excluding hydrogens is 302 g/mol. The number of nitrogens with zero attached hydrogens (tertiary/aromatic N) is 5. The molecule has 5 nitrogen and oxygen atoms in total. The number of aromatic nitrogens is 5. The van der Waals surface area contributed by atoms with E-state index in [1.54, 1.807) is 22.2 Å². The van der Waals surface area contributed by atoms with Crippen LogP contribution in [0.15, 0.2) is 45.3 Å². The van der Waals surface area contributed by atoms with Crippen LogP contribution in [0.25, 0.3) is 5.69 Å². The van der Waals surface area contributed by atoms with E-state index in [9.17, 15) is 0 Å². The van der Waals surface area contributed by atoms with E-state index in [4.69, 9.17) is 0 Å². The third kappa shape index (κ3) is 3.14. The van der Waals surface area contributed by atoms with Crippen LogP contribution in [-0.4, -0.2) is 25.2 Å². The minimum Gasteiger partial charge on any atom is -0.238 e. The average Bonchev–Trinajstić information content (AvgIpc) is 3.10. The van der Waals surface area contributed by atoms with Gasteiger partial charge in [-0.05, 0) is 45.3 Å². The van der Waals surface area contributed by atoms with E-state index >= 15 is 0 Å². The zero-order valence-corrected chi connectivity index (χ0v) is 13.6. The molecule has 0 aliphatic rings. The second-order valence-corrected chi connectivity index (χ2v) is 7.68. The summed E-state index contributed by atoms with van der Waals surface area (Å²) in [5.74, 6) is 0. The van der Waals surface area contributed by atoms with Crippen molar-refractivity contribution in [1.29, 1.82) is 0 Å². The Morgan fingerprint density at radius 1 is 1.14 bits per heavy atom. The summed E-state index contributed by atoms with van der Waals surface area (Å²) in [5, 5.41) is 14.6. The van der Waals surface area contributed by atoms with Crippen molar-refractivity contribution in [2.24, 2.45) is 0 Å². The first-order chi connectivity index (χ1) is 10.0. The molecular formula is C14H15N5S2. The highest BCUT2D eigenvalue weighted by molar-refractivity contribution is 8.00. The Morgan fingerprint density at radius 3 is 2.52 bits per heavy atom. The monoisotopic (exact) mass is 317 g/mol. The highest BCUT2D eigenvalue weighted by Crippen LogP contribution is 2.29. The van der Waals surface area contributed by atoms with Crippen LogP contribution >= 0.6 is 23.1 Å². The second-order valence-electron chi connectivity index (χ2n) is 5.57. The summed E-state index contributed by atoms with van der Waals surface area (Å²) in [5.41, 5.74) is 2.37. The van der Waals surface area contributed by atoms with Gasteiger partial charge in [0.2, 0.25) is 5.16 Å². The molecule has 0 radical (unpaired) electrons. The molecule has 2 heterocycles. The molecule has 0 atom stereocenters. The predicted octanol–water partition coefficient (Wildman–Crippen LogP) is 3.57. The van der Waals surface area contributed by atoms with Crippen LogP contribution in [0.1, 0.15) is 26.3 Å². The highest BCUT2D eigenvalue weighted by atomic mass is 32.2. The fourth-order valence-electron chi connectivity index (χ4n) is 1.85. The molecule has 0 aliphatic carbocycles. The average molecular weight is 317 g/mol. The molecule has 0 aliphatic heterocycles. The maximum Gasteiger partial charge on any atom is 0.221 e. The van der Waals surface area contributed by atoms with Crippen LogP contribution < -0.4 is 0 Å². The van der Waals surface area contributed by atoms with Crippen molar-refractivity contribution >= 4 is 23.1 Å². The van der Waals surface area contributed by atoms with Crippen molar-refractivity contribution in [3.8, 4) is 5.69 Å². The van der Waals surface area contributed by atoms with Gasteiger partial charge in [0.1, 0.15) is 0 Å². The Kier molecular flexibility index (Phi) is 3.77. The van der Waals surface area contributed by atoms with Crippen molar-refractivity contribution in [2.75, 3.05) is 0 Å². The van der Waals surface area contributed by atoms with Gasteiger partial charge in [0.25, 0.3) is 0 Å². The lowest BCUT2D eigenvalue weighted by Gasteiger charge is -2.19. The van der Waals surface area contributed by atoms with E-state index in [1.807, 2.05) is 17.5 Å². The number of thiazole rings is 1. The number of tetrazole rings is 1. The quantitative estimate of drug-likeness (QED) is 0.739. The van der Waals surface area contributed by atoms with E-state index in [0.717, 1.165) is 10.0 Å². The molecule has 3 aromatic rings. The minimum absolute atomic E-state index is 0.137. The molecule has 1 aromatic carbocycles. The molecule has 7 heteroatoms. The van der Waals surface area contributed by atoms with E-state index < -0.39 is 0 Å². The van der Waals surface area contributed by atoms with Crippen LogP contribution in [0.5, 0.6) is 0 Å². The van der Waals surface area contributed by atoms with E-state index in [-0.39, 0.29) is 5.41 Å². The molecule has 2 aromatic heterocycles. The van der Waals surface area contributed by atoms with Gasteiger partial charge in [0.15, 0.2) is 4.34 Å². The molecule has 3 rings (SSSR count). The van der Waals surface area contributed by atoms with E-state index in [2.05, 4.69) is 53.4 Å². The van der Waals surface area contributed by atoms with E-state index in [0.29, 0.717) is 5.16 Å². The van der Waals surface area contributed by atoms with Gasteiger partial charge in [-0.3, -0.25) is 0 Å². The Morgan fingerprint density at radius 2 is 1.90 bits per heavy atom. The molecule has 0 bridgehead atoms. The summed E-state index contributed by atoms with van der Waals surface area (Å²) in [6.07, 6.45) is 1.78. The predicted molar refractivity (Wildman–Crippen MR) is 84.1 cm³/mol. The van der Waals surface area contributed by atoms with Crippen LogP contribution in [0, 0.1) is 0 Å². The zero-order chi connectivity index (χ0) is 14.9. The summed E-state index contributed by atoms with van der Waals surface area (Å²) in [7, 11) is 0. The van der Waals surface area contributed by atoms with Crippen molar-refractivity contribution in [1.82, 2.24) is 25.2 Å². The molecule has 0 unspecified atom stereocenters. The lowest BCUT2D eigenvalue weighted by molar-refractivity contribution is 0.589. The summed E-state index contributed by atoms with van der Waals surface area (Å²) < 4.78 is 2.66. The Hall–Kier alpha value is -1.73. The smallest absolute Gasteiger partial charge is 0.221 e. The van der Waals surface area contributed by atoms with Crippen LogP contribution in [-0.2, 0) is 5.41 Å². The topological polar surface area (TPSA) is 56.5 Å². The molecule has 0 amide bonds. The van der Waals surface area contributed by atoms with Gasteiger partial charge in [-0.2, -0.15) is 4.68 Å². The summed E-state index contributed by atoms with van der Waals surface area (Å²) in [6.45, 7) is 6.59. The minimum atomic E-state index is 0.137. The number of hydrogen-bond acceptors (Lipinski definition) is 6. The third-order valence-electron chi connectivity index (χ3n) is 3.01. The number of rotatable bonds is 3. The van der Waals surface area contributed by atoms with Gasteiger partial charge in [-0.25, -0.2) is 4.98 Å². The van der Waals surface area contributed by atoms with Gasteiger partial charge < -0.3 is 0 Å². The Balaban J connectivity index is 1.89. The molecule has 0 spiro atoms. The normalized spacial score (nSPS) is 11.8. The third-order valence-corrected chi connectivity index (χ3v) is 4.83. The first kappa shape index (κ1) is 14.2. The molecule has 108 valence electrons. The van der Waals surface area contributed by atoms with Crippen molar-refractivity contribution in [3.05, 3.63) is 41.4 Å². The van der Waals surface area contributed by atoms with Crippen LogP contribution in [0.2, 0.25) is 0 Å². The standard InChI is InChI=1S/C14H15N5S2/c1-14(2,3)10-4-6-11(7-5-10)19-12(16-17-18-19)21-13-15-8-9-20-13/h4-9H,1-3H3. The molecule has 0 saturated heterocycles. The highest BCUT2D eigenvalue weighted by Gasteiger charge is 2.15. The molecule has 0 N–H and O–H groups in total. The molecule has 0 saturated carbocycles. The fourth-order valence-corrected chi connectivity index (χ4v) is 3.36. The van der Waals surface area contributed by atoms with Gasteiger partial charge in [0, 0.05) is 11.6 Å². The van der Waals surface area contributed by atoms with Crippen LogP contribution in [0.3, 0.4) is 0 Å². The SMILES string of the molecule is CC(C)(C)c1ccc(-n2nnnc2Sc2nccs2)cc1. The van der Waals surface area contributed by atoms with Gasteiger partial charge in [0.05, 0.1) is 5.69 Å². The Bertz CT molecular complexity index is 711. The fraction of sp³-hybridized carbons (Fsp3) is 0.286. The largest absolute Gasteiger partial charge is 0.238 e. The maximum atomic E-state index is 4.24. The van der Waals surface area contributed by atoms with Gasteiger partial charge in [-0.1, -0.05) is 32.9 Å². The van der Waals surface area contributed by atoms with Crippen molar-refractivity contribution in [2.45, 2.75) is 35.7 Å². The lowest BCUT2D eigenvalue weighted by Crippen LogP contribution is -2.11. The first-order valence-electron chi connectivity index (χ1n) is 6.51. The Labute approximate surface area is 131 Å². The molecule has 0 fully saturated rings. The number of hydrogen-bond donors (Lipinski definition) is 0.